The topological polar surface area (TPSA) is 44.8 Å². The van der Waals surface area contributed by atoms with Crippen molar-refractivity contribution in [2.45, 2.75) is 33.0 Å². The van der Waals surface area contributed by atoms with Crippen LogP contribution < -0.4 is 9.47 Å². The molecule has 0 saturated carbocycles. The Hall–Kier alpha value is -3.12. The average molecular weight is 461 g/mol. The highest BCUT2D eigenvalue weighted by atomic mass is 35.5. The van der Waals surface area contributed by atoms with E-state index in [-0.39, 0.29) is 23.3 Å². The van der Waals surface area contributed by atoms with E-state index in [4.69, 9.17) is 21.1 Å². The molecular formula is C25H23ClF2O4. The van der Waals surface area contributed by atoms with Crippen molar-refractivity contribution in [3.63, 3.8) is 0 Å². The van der Waals surface area contributed by atoms with E-state index in [9.17, 15) is 13.6 Å². The molecule has 0 bridgehead atoms. The second kappa shape index (κ2) is 11.0. The number of rotatable bonds is 9. The molecule has 3 aromatic carbocycles. The molecule has 4 nitrogen and oxygen atoms in total. The van der Waals surface area contributed by atoms with Crippen molar-refractivity contribution < 1.29 is 27.8 Å². The quantitative estimate of drug-likeness (QED) is 0.316. The molecule has 0 spiro atoms. The highest BCUT2D eigenvalue weighted by Crippen LogP contribution is 2.33. The first-order valence-corrected chi connectivity index (χ1v) is 10.4. The Bertz CT molecular complexity index is 1040. The van der Waals surface area contributed by atoms with Crippen molar-refractivity contribution in [2.75, 3.05) is 0 Å². The predicted molar refractivity (Wildman–Crippen MR) is 118 cm³/mol. The number of hydrogen-bond donors (Lipinski definition) is 0. The molecule has 32 heavy (non-hydrogen) atoms. The third kappa shape index (κ3) is 6.44. The van der Waals surface area contributed by atoms with Crippen LogP contribution in [0.1, 0.15) is 30.9 Å². The fraction of sp³-hybridized carbons (Fsp3) is 0.240. The maximum atomic E-state index is 12.9. The van der Waals surface area contributed by atoms with Crippen LogP contribution in [-0.4, -0.2) is 12.6 Å². The molecule has 0 radical (unpaired) electrons. The van der Waals surface area contributed by atoms with Crippen molar-refractivity contribution in [3.8, 4) is 17.2 Å². The van der Waals surface area contributed by atoms with Crippen LogP contribution in [-0.2, 0) is 16.1 Å². The van der Waals surface area contributed by atoms with Crippen molar-refractivity contribution in [1.82, 2.24) is 0 Å². The molecule has 0 N–H and O–H groups in total. The molecule has 0 aliphatic rings. The number of ether oxygens (including phenoxy) is 3. The average Bonchev–Trinajstić information content (AvgIpc) is 2.75. The molecular weight excluding hydrogens is 438 g/mol. The van der Waals surface area contributed by atoms with Crippen LogP contribution in [0.4, 0.5) is 8.78 Å². The van der Waals surface area contributed by atoms with E-state index in [1.807, 2.05) is 62.4 Å². The monoisotopic (exact) mass is 460 g/mol. The SMILES string of the molecule is CC(C)C(C(=O)OCc1cccc(Oc2ccccc2)c1)c1ccc(OC(F)F)c(Cl)c1. The van der Waals surface area contributed by atoms with Crippen molar-refractivity contribution in [1.29, 1.82) is 0 Å². The number of carbonyl (C=O) groups is 1. The van der Waals surface area contributed by atoms with E-state index < -0.39 is 18.5 Å². The summed E-state index contributed by atoms with van der Waals surface area (Å²) in [5.41, 5.74) is 1.34. The Labute approximate surface area is 190 Å². The third-order valence-corrected chi connectivity index (χ3v) is 5.01. The van der Waals surface area contributed by atoms with Gasteiger partial charge in [-0.2, -0.15) is 8.78 Å². The fourth-order valence-corrected chi connectivity index (χ4v) is 3.50. The lowest BCUT2D eigenvalue weighted by molar-refractivity contribution is -0.148. The Kier molecular flexibility index (Phi) is 8.06. The molecule has 0 amide bonds. The maximum absolute atomic E-state index is 12.9. The smallest absolute Gasteiger partial charge is 0.387 e. The highest BCUT2D eigenvalue weighted by molar-refractivity contribution is 6.32. The standard InChI is InChI=1S/C25H23ClF2O4/c1-16(2)23(18-11-12-22(21(26)14-18)32-25(27)28)24(29)30-15-17-7-6-10-20(13-17)31-19-8-4-3-5-9-19/h3-14,16,23,25H,15H2,1-2H3. The molecule has 1 atom stereocenters. The van der Waals surface area contributed by atoms with Crippen LogP contribution in [0.5, 0.6) is 17.2 Å². The second-order valence-electron chi connectivity index (χ2n) is 7.46. The van der Waals surface area contributed by atoms with Crippen molar-refractivity contribution >= 4 is 17.6 Å². The van der Waals surface area contributed by atoms with Gasteiger partial charge in [0.1, 0.15) is 23.9 Å². The van der Waals surface area contributed by atoms with Gasteiger partial charge < -0.3 is 14.2 Å². The number of alkyl halides is 2. The summed E-state index contributed by atoms with van der Waals surface area (Å²) in [6.45, 7) is 0.829. The van der Waals surface area contributed by atoms with E-state index >= 15 is 0 Å². The molecule has 3 aromatic rings. The number of carbonyl (C=O) groups excluding carboxylic acids is 1. The second-order valence-corrected chi connectivity index (χ2v) is 7.87. The van der Waals surface area contributed by atoms with Gasteiger partial charge in [-0.25, -0.2) is 0 Å². The van der Waals surface area contributed by atoms with Gasteiger partial charge in [-0.15, -0.1) is 0 Å². The minimum atomic E-state index is -2.98. The first-order chi connectivity index (χ1) is 15.3. The Morgan fingerprint density at radius 1 is 0.938 bits per heavy atom. The largest absolute Gasteiger partial charge is 0.460 e. The summed E-state index contributed by atoms with van der Waals surface area (Å²) in [6, 6.07) is 21.0. The minimum absolute atomic E-state index is 0.00649. The van der Waals surface area contributed by atoms with Gasteiger partial charge in [0.15, 0.2) is 0 Å². The summed E-state index contributed by atoms with van der Waals surface area (Å²) in [4.78, 5) is 12.9. The van der Waals surface area contributed by atoms with Gasteiger partial charge in [0, 0.05) is 0 Å². The first-order valence-electron chi connectivity index (χ1n) is 10.1. The van der Waals surface area contributed by atoms with E-state index in [0.717, 1.165) is 5.56 Å². The summed E-state index contributed by atoms with van der Waals surface area (Å²) in [5.74, 6) is 0.0405. The Balaban J connectivity index is 1.68. The number of halogens is 3. The van der Waals surface area contributed by atoms with E-state index in [2.05, 4.69) is 4.74 Å². The zero-order valence-corrected chi connectivity index (χ0v) is 18.4. The number of esters is 1. The fourth-order valence-electron chi connectivity index (χ4n) is 3.26. The van der Waals surface area contributed by atoms with Crippen molar-refractivity contribution in [3.05, 3.63) is 88.9 Å². The van der Waals surface area contributed by atoms with E-state index in [0.29, 0.717) is 17.1 Å². The zero-order chi connectivity index (χ0) is 23.1. The molecule has 0 heterocycles. The Morgan fingerprint density at radius 2 is 1.66 bits per heavy atom. The highest BCUT2D eigenvalue weighted by Gasteiger charge is 2.27. The van der Waals surface area contributed by atoms with Crippen LogP contribution in [0.15, 0.2) is 72.8 Å². The molecule has 168 valence electrons. The molecule has 3 rings (SSSR count). The maximum Gasteiger partial charge on any atom is 0.387 e. The van der Waals surface area contributed by atoms with Crippen LogP contribution in [0, 0.1) is 5.92 Å². The zero-order valence-electron chi connectivity index (χ0n) is 17.6. The van der Waals surface area contributed by atoms with Gasteiger partial charge >= 0.3 is 12.6 Å². The van der Waals surface area contributed by atoms with Gasteiger partial charge in [-0.1, -0.05) is 61.8 Å². The van der Waals surface area contributed by atoms with Gasteiger partial charge in [0.2, 0.25) is 0 Å². The lowest BCUT2D eigenvalue weighted by Crippen LogP contribution is -2.21. The lowest BCUT2D eigenvalue weighted by Gasteiger charge is -2.21. The molecule has 0 aromatic heterocycles. The molecule has 7 heteroatoms. The molecule has 0 aliphatic heterocycles. The lowest BCUT2D eigenvalue weighted by atomic mass is 9.88. The van der Waals surface area contributed by atoms with Gasteiger partial charge in [0.25, 0.3) is 0 Å². The third-order valence-electron chi connectivity index (χ3n) is 4.71. The summed E-state index contributed by atoms with van der Waals surface area (Å²) < 4.78 is 40.7. The van der Waals surface area contributed by atoms with Crippen LogP contribution in [0.2, 0.25) is 5.02 Å². The molecule has 1 unspecified atom stereocenters. The van der Waals surface area contributed by atoms with E-state index in [1.54, 1.807) is 12.1 Å². The molecule has 0 aliphatic carbocycles. The molecule has 0 fully saturated rings. The van der Waals surface area contributed by atoms with Crippen molar-refractivity contribution in [2.24, 2.45) is 5.92 Å². The first kappa shape index (κ1) is 23.5. The minimum Gasteiger partial charge on any atom is -0.460 e. The summed E-state index contributed by atoms with van der Waals surface area (Å²) in [6.07, 6.45) is 0. The van der Waals surface area contributed by atoms with Crippen LogP contribution >= 0.6 is 11.6 Å². The predicted octanol–water partition coefficient (Wildman–Crippen LogP) is 7.22. The van der Waals surface area contributed by atoms with Crippen LogP contribution in [0.3, 0.4) is 0 Å². The van der Waals surface area contributed by atoms with E-state index in [1.165, 1.54) is 12.1 Å². The summed E-state index contributed by atoms with van der Waals surface area (Å²) in [5, 5.41) is 0.00649. The Morgan fingerprint density at radius 3 is 2.31 bits per heavy atom. The van der Waals surface area contributed by atoms with Gasteiger partial charge in [0.05, 0.1) is 10.9 Å². The number of para-hydroxylation sites is 1. The molecule has 0 saturated heterocycles. The van der Waals surface area contributed by atoms with Crippen LogP contribution in [0.25, 0.3) is 0 Å². The normalized spacial score (nSPS) is 12.0. The number of benzene rings is 3. The van der Waals surface area contributed by atoms with Gasteiger partial charge in [-0.3, -0.25) is 4.79 Å². The number of hydrogen-bond acceptors (Lipinski definition) is 4. The summed E-state index contributed by atoms with van der Waals surface area (Å²) in [7, 11) is 0. The van der Waals surface area contributed by atoms with Gasteiger partial charge in [-0.05, 0) is 53.4 Å². The summed E-state index contributed by atoms with van der Waals surface area (Å²) >= 11 is 6.06.